The first-order chi connectivity index (χ1) is 17.6. The van der Waals surface area contributed by atoms with Crippen molar-refractivity contribution in [3.8, 4) is 11.5 Å². The summed E-state index contributed by atoms with van der Waals surface area (Å²) < 4.78 is 12.3. The smallest absolute Gasteiger partial charge is 0.164 e. The summed E-state index contributed by atoms with van der Waals surface area (Å²) in [6.07, 6.45) is 26.3. The third kappa shape index (κ3) is 16.3. The maximum atomic E-state index is 12.0. The van der Waals surface area contributed by atoms with E-state index in [-0.39, 0.29) is 5.78 Å². The Morgan fingerprint density at radius 1 is 0.583 bits per heavy atom. The van der Waals surface area contributed by atoms with Crippen LogP contribution in [0, 0.1) is 6.92 Å². The van der Waals surface area contributed by atoms with E-state index in [2.05, 4.69) is 13.8 Å². The third-order valence-electron chi connectivity index (χ3n) is 7.15. The Kier molecular flexibility index (Phi) is 20.5. The van der Waals surface area contributed by atoms with Crippen LogP contribution in [0.3, 0.4) is 0 Å². The number of carbonyl (C=O) groups excluding carboxylic acids is 1. The van der Waals surface area contributed by atoms with Crippen LogP contribution in [-0.2, 0) is 0 Å². The van der Waals surface area contributed by atoms with Crippen LogP contribution in [-0.4, -0.2) is 19.0 Å². The molecule has 0 aromatic heterocycles. The number of hydrogen-bond acceptors (Lipinski definition) is 3. The number of ketones is 1. The van der Waals surface area contributed by atoms with Gasteiger partial charge in [-0.1, -0.05) is 129 Å². The van der Waals surface area contributed by atoms with Crippen LogP contribution < -0.4 is 9.47 Å². The highest BCUT2D eigenvalue weighted by atomic mass is 16.5. The van der Waals surface area contributed by atoms with Gasteiger partial charge in [0.05, 0.1) is 13.2 Å². The van der Waals surface area contributed by atoms with E-state index in [0.717, 1.165) is 29.9 Å². The van der Waals surface area contributed by atoms with E-state index in [0.29, 0.717) is 18.8 Å². The lowest BCUT2D eigenvalue weighted by Crippen LogP contribution is -2.06. The number of hydrogen-bond donors (Lipinski definition) is 0. The highest BCUT2D eigenvalue weighted by Gasteiger charge is 2.13. The summed E-state index contributed by atoms with van der Waals surface area (Å²) in [6.45, 7) is 9.58. The fraction of sp³-hybridized carbons (Fsp3) is 0.788. The van der Waals surface area contributed by atoms with E-state index < -0.39 is 0 Å². The van der Waals surface area contributed by atoms with Gasteiger partial charge in [-0.2, -0.15) is 0 Å². The maximum absolute atomic E-state index is 12.0. The Hall–Kier alpha value is -1.51. The van der Waals surface area contributed by atoms with Crippen LogP contribution in [0.15, 0.2) is 12.1 Å². The predicted octanol–water partition coefficient (Wildman–Crippen LogP) is 10.8. The second-order valence-corrected chi connectivity index (χ2v) is 10.7. The molecule has 1 aromatic carbocycles. The molecule has 1 aromatic rings. The minimum Gasteiger partial charge on any atom is -0.490 e. The van der Waals surface area contributed by atoms with Gasteiger partial charge in [0.1, 0.15) is 0 Å². The quantitative estimate of drug-likeness (QED) is 0.0985. The van der Waals surface area contributed by atoms with Gasteiger partial charge in [-0.25, -0.2) is 0 Å². The second kappa shape index (κ2) is 22.7. The van der Waals surface area contributed by atoms with Crippen LogP contribution in [0.4, 0.5) is 0 Å². The van der Waals surface area contributed by atoms with Crippen molar-refractivity contribution in [3.05, 3.63) is 23.3 Å². The van der Waals surface area contributed by atoms with Gasteiger partial charge >= 0.3 is 0 Å². The predicted molar refractivity (Wildman–Crippen MR) is 156 cm³/mol. The average molecular weight is 503 g/mol. The molecule has 0 amide bonds. The summed E-state index contributed by atoms with van der Waals surface area (Å²) >= 11 is 0. The van der Waals surface area contributed by atoms with Gasteiger partial charge in [0.15, 0.2) is 17.3 Å². The second-order valence-electron chi connectivity index (χ2n) is 10.7. The first-order valence-corrected chi connectivity index (χ1v) is 15.5. The molecule has 36 heavy (non-hydrogen) atoms. The zero-order valence-corrected chi connectivity index (χ0v) is 24.4. The number of aryl methyl sites for hydroxylation is 1. The number of unbranched alkanes of at least 4 members (excludes halogenated alkanes) is 18. The summed E-state index contributed by atoms with van der Waals surface area (Å²) in [6, 6.07) is 3.81. The van der Waals surface area contributed by atoms with E-state index in [9.17, 15) is 4.79 Å². The van der Waals surface area contributed by atoms with Gasteiger partial charge in [0, 0.05) is 5.56 Å². The molecule has 0 aliphatic heterocycles. The van der Waals surface area contributed by atoms with Crippen LogP contribution in [0.25, 0.3) is 0 Å². The topological polar surface area (TPSA) is 35.5 Å². The van der Waals surface area contributed by atoms with Crippen molar-refractivity contribution in [1.82, 2.24) is 0 Å². The van der Waals surface area contributed by atoms with Gasteiger partial charge in [-0.15, -0.1) is 0 Å². The molecule has 3 heteroatoms. The molecule has 0 saturated carbocycles. The normalized spacial score (nSPS) is 11.1. The van der Waals surface area contributed by atoms with Crippen molar-refractivity contribution in [2.24, 2.45) is 0 Å². The highest BCUT2D eigenvalue weighted by molar-refractivity contribution is 5.95. The monoisotopic (exact) mass is 502 g/mol. The zero-order chi connectivity index (χ0) is 26.3. The Labute approximate surface area is 224 Å². The van der Waals surface area contributed by atoms with E-state index in [1.54, 1.807) is 6.92 Å². The lowest BCUT2D eigenvalue weighted by Gasteiger charge is -2.16. The van der Waals surface area contributed by atoms with Crippen LogP contribution >= 0.6 is 0 Å². The first kappa shape index (κ1) is 32.5. The molecule has 0 aliphatic carbocycles. The summed E-state index contributed by atoms with van der Waals surface area (Å²) in [5, 5.41) is 0. The molecular weight excluding hydrogens is 444 g/mol. The van der Waals surface area contributed by atoms with Crippen molar-refractivity contribution < 1.29 is 14.3 Å². The van der Waals surface area contributed by atoms with E-state index in [1.165, 1.54) is 116 Å². The summed E-state index contributed by atoms with van der Waals surface area (Å²) in [5.74, 6) is 1.63. The molecule has 0 heterocycles. The Balaban J connectivity index is 2.31. The van der Waals surface area contributed by atoms with Crippen molar-refractivity contribution in [1.29, 1.82) is 0 Å². The van der Waals surface area contributed by atoms with Gasteiger partial charge in [-0.3, -0.25) is 4.79 Å². The minimum atomic E-state index is 0.0723. The lowest BCUT2D eigenvalue weighted by molar-refractivity contribution is 0.101. The number of carbonyl (C=O) groups is 1. The fourth-order valence-electron chi connectivity index (χ4n) is 4.77. The molecule has 0 fully saturated rings. The van der Waals surface area contributed by atoms with Gasteiger partial charge in [-0.05, 0) is 44.4 Å². The number of rotatable bonds is 25. The van der Waals surface area contributed by atoms with E-state index in [4.69, 9.17) is 9.47 Å². The van der Waals surface area contributed by atoms with Crippen molar-refractivity contribution >= 4 is 5.78 Å². The Bertz CT molecular complexity index is 667. The molecule has 0 radical (unpaired) electrons. The molecule has 0 aliphatic rings. The molecule has 0 bridgehead atoms. The standard InChI is InChI=1S/C33H58O3/c1-5-7-9-11-13-15-17-19-21-23-25-35-32-28-31(30(4)34)27-29(3)33(32)36-26-24-22-20-18-16-14-12-10-8-6-2/h27-28H,5-26H2,1-4H3. The average Bonchev–Trinajstić information content (AvgIpc) is 2.86. The lowest BCUT2D eigenvalue weighted by atomic mass is 10.1. The van der Waals surface area contributed by atoms with Crippen molar-refractivity contribution in [3.63, 3.8) is 0 Å². The molecule has 0 atom stereocenters. The maximum Gasteiger partial charge on any atom is 0.164 e. The minimum absolute atomic E-state index is 0.0723. The number of Topliss-reactive ketones (excluding diaryl/α,β-unsaturated/α-hetero) is 1. The summed E-state index contributed by atoms with van der Waals surface area (Å²) in [7, 11) is 0. The molecule has 0 saturated heterocycles. The Morgan fingerprint density at radius 2 is 0.972 bits per heavy atom. The largest absolute Gasteiger partial charge is 0.490 e. The van der Waals surface area contributed by atoms with Crippen LogP contribution in [0.2, 0.25) is 0 Å². The molecule has 3 nitrogen and oxygen atoms in total. The third-order valence-corrected chi connectivity index (χ3v) is 7.15. The Morgan fingerprint density at radius 3 is 1.39 bits per heavy atom. The van der Waals surface area contributed by atoms with Gasteiger partial charge < -0.3 is 9.47 Å². The molecule has 0 unspecified atom stereocenters. The fourth-order valence-corrected chi connectivity index (χ4v) is 4.77. The molecule has 0 N–H and O–H groups in total. The summed E-state index contributed by atoms with van der Waals surface area (Å²) in [4.78, 5) is 12.0. The SMILES string of the molecule is CCCCCCCCCCCCOc1cc(C(C)=O)cc(C)c1OCCCCCCCCCCCC. The molecular formula is C33H58O3. The van der Waals surface area contributed by atoms with Crippen molar-refractivity contribution in [2.75, 3.05) is 13.2 Å². The highest BCUT2D eigenvalue weighted by Crippen LogP contribution is 2.33. The van der Waals surface area contributed by atoms with Crippen LogP contribution in [0.5, 0.6) is 11.5 Å². The van der Waals surface area contributed by atoms with E-state index >= 15 is 0 Å². The first-order valence-electron chi connectivity index (χ1n) is 15.5. The van der Waals surface area contributed by atoms with Gasteiger partial charge in [0.2, 0.25) is 0 Å². The van der Waals surface area contributed by atoms with Crippen LogP contribution in [0.1, 0.15) is 165 Å². The molecule has 208 valence electrons. The van der Waals surface area contributed by atoms with E-state index in [1.807, 2.05) is 19.1 Å². The van der Waals surface area contributed by atoms with Gasteiger partial charge in [0.25, 0.3) is 0 Å². The number of benzene rings is 1. The summed E-state index contributed by atoms with van der Waals surface area (Å²) in [5.41, 5.74) is 1.70. The molecule has 0 spiro atoms. The number of ether oxygens (including phenoxy) is 2. The van der Waals surface area contributed by atoms with Crippen molar-refractivity contribution in [2.45, 2.75) is 156 Å². The molecule has 1 rings (SSSR count). The zero-order valence-electron chi connectivity index (χ0n) is 24.4.